The maximum Gasteiger partial charge on any atom is 0.309 e. The van der Waals surface area contributed by atoms with Gasteiger partial charge in [-0.1, -0.05) is 18.2 Å². The maximum atomic E-state index is 14.6. The number of aliphatic hydroxyl groups excluding tert-OH is 1. The molecule has 3 nitrogen and oxygen atoms in total. The zero-order valence-corrected chi connectivity index (χ0v) is 11.5. The summed E-state index contributed by atoms with van der Waals surface area (Å²) in [6.45, 7) is 0.937. The van der Waals surface area contributed by atoms with Crippen LogP contribution in [0.5, 0.6) is 0 Å². The molecule has 0 aromatic heterocycles. The number of nitrogens with zero attached hydrogens (tertiary/aromatic N) is 1. The summed E-state index contributed by atoms with van der Waals surface area (Å²) < 4.78 is 60.6. The molecule has 1 aromatic carbocycles. The molecular weight excluding hydrogens is 290 g/mol. The molecule has 0 radical (unpaired) electrons. The van der Waals surface area contributed by atoms with E-state index in [4.69, 9.17) is 9.84 Å². The van der Waals surface area contributed by atoms with Gasteiger partial charge in [0.1, 0.15) is 18.0 Å². The lowest BCUT2D eigenvalue weighted by atomic mass is 9.82. The number of rotatable bonds is 3. The predicted octanol–water partition coefficient (Wildman–Crippen LogP) is 2.82. The van der Waals surface area contributed by atoms with E-state index in [1.54, 1.807) is 0 Å². The van der Waals surface area contributed by atoms with Gasteiger partial charge in [-0.2, -0.15) is 8.78 Å². The highest BCUT2D eigenvalue weighted by atomic mass is 19.3. The fraction of sp³-hybridized carbons (Fsp3) is 0.500. The fourth-order valence-corrected chi connectivity index (χ4v) is 2.42. The molecule has 0 saturated heterocycles. The molecule has 1 aliphatic heterocycles. The molecule has 1 aromatic rings. The number of aliphatic imine (C=N–C) groups is 1. The number of ether oxygens (including phenoxy) is 1. The summed E-state index contributed by atoms with van der Waals surface area (Å²) in [5.41, 5.74) is -1.99. The van der Waals surface area contributed by atoms with E-state index in [1.165, 1.54) is 32.0 Å². The zero-order chi connectivity index (χ0) is 15.8. The van der Waals surface area contributed by atoms with Crippen molar-refractivity contribution in [1.82, 2.24) is 0 Å². The van der Waals surface area contributed by atoms with Crippen molar-refractivity contribution in [2.45, 2.75) is 37.6 Å². The Kier molecular flexibility index (Phi) is 3.97. The highest BCUT2D eigenvalue weighted by molar-refractivity contribution is 5.75. The molecule has 2 rings (SSSR count). The van der Waals surface area contributed by atoms with Crippen LogP contribution >= 0.6 is 0 Å². The van der Waals surface area contributed by atoms with Gasteiger partial charge in [0.15, 0.2) is 18.2 Å². The first-order valence-electron chi connectivity index (χ1n) is 6.33. The first-order chi connectivity index (χ1) is 9.72. The highest BCUT2D eigenvalue weighted by Crippen LogP contribution is 2.42. The van der Waals surface area contributed by atoms with Crippen LogP contribution in [-0.2, 0) is 10.3 Å². The van der Waals surface area contributed by atoms with Crippen molar-refractivity contribution in [2.24, 2.45) is 4.99 Å². The Morgan fingerprint density at radius 3 is 2.57 bits per heavy atom. The Morgan fingerprint density at radius 1 is 1.38 bits per heavy atom. The molecule has 21 heavy (non-hydrogen) atoms. The molecular formula is C14H15F4NO2. The van der Waals surface area contributed by atoms with Gasteiger partial charge in [0.25, 0.3) is 0 Å². The van der Waals surface area contributed by atoms with E-state index < -0.39 is 36.2 Å². The number of hydrogen-bond acceptors (Lipinski definition) is 3. The summed E-state index contributed by atoms with van der Waals surface area (Å²) >= 11 is 0. The number of halogens is 4. The molecule has 0 bridgehead atoms. The van der Waals surface area contributed by atoms with Gasteiger partial charge in [0, 0.05) is 12.5 Å². The van der Waals surface area contributed by atoms with Crippen LogP contribution in [0.3, 0.4) is 0 Å². The molecule has 0 aliphatic carbocycles. The van der Waals surface area contributed by atoms with Crippen LogP contribution in [-0.4, -0.2) is 35.8 Å². The van der Waals surface area contributed by atoms with E-state index in [-0.39, 0.29) is 11.5 Å². The van der Waals surface area contributed by atoms with E-state index >= 15 is 0 Å². The summed E-state index contributed by atoms with van der Waals surface area (Å²) in [6.07, 6.45) is -4.55. The van der Waals surface area contributed by atoms with Crippen molar-refractivity contribution in [3.8, 4) is 0 Å². The highest BCUT2D eigenvalue weighted by Gasteiger charge is 2.56. The average Bonchev–Trinajstić information content (AvgIpc) is 2.43. The second-order valence-electron chi connectivity index (χ2n) is 5.12. The van der Waals surface area contributed by atoms with Gasteiger partial charge in [-0.3, -0.25) is 0 Å². The van der Waals surface area contributed by atoms with Crippen molar-refractivity contribution >= 4 is 5.90 Å². The summed E-state index contributed by atoms with van der Waals surface area (Å²) in [6, 6.07) is 5.27. The Morgan fingerprint density at radius 2 is 2.00 bits per heavy atom. The van der Waals surface area contributed by atoms with Crippen molar-refractivity contribution in [3.05, 3.63) is 35.6 Å². The molecule has 0 fully saturated rings. The van der Waals surface area contributed by atoms with E-state index in [0.29, 0.717) is 0 Å². The van der Waals surface area contributed by atoms with Gasteiger partial charge in [0.05, 0.1) is 0 Å². The lowest BCUT2D eigenvalue weighted by molar-refractivity contribution is -0.169. The molecule has 116 valence electrons. The standard InChI is InChI=1S/C14H15F4NO2/c1-8-19-13(2,9-5-3-4-6-10(9)15)11(16)12(21-8)14(17,18)7-20/h3-6,11-12,20H,7H2,1-2H3/t11-,12-,13+/m0/s1. The molecule has 0 spiro atoms. The van der Waals surface area contributed by atoms with Crippen LogP contribution in [0.4, 0.5) is 17.6 Å². The lowest BCUT2D eigenvalue weighted by Crippen LogP contribution is -2.56. The van der Waals surface area contributed by atoms with Crippen molar-refractivity contribution in [2.75, 3.05) is 6.61 Å². The zero-order valence-electron chi connectivity index (χ0n) is 11.5. The molecule has 0 amide bonds. The third-order valence-corrected chi connectivity index (χ3v) is 3.54. The summed E-state index contributed by atoms with van der Waals surface area (Å²) in [5.74, 6) is -4.73. The molecule has 0 saturated carbocycles. The first-order valence-corrected chi connectivity index (χ1v) is 6.33. The Bertz CT molecular complexity index is 564. The monoisotopic (exact) mass is 305 g/mol. The second kappa shape index (κ2) is 5.29. The molecule has 0 unspecified atom stereocenters. The van der Waals surface area contributed by atoms with Gasteiger partial charge >= 0.3 is 5.92 Å². The second-order valence-corrected chi connectivity index (χ2v) is 5.12. The van der Waals surface area contributed by atoms with Gasteiger partial charge < -0.3 is 9.84 Å². The quantitative estimate of drug-likeness (QED) is 0.873. The normalized spacial score (nSPS) is 29.8. The third-order valence-electron chi connectivity index (χ3n) is 3.54. The Labute approximate surface area is 119 Å². The minimum Gasteiger partial charge on any atom is -0.468 e. The smallest absolute Gasteiger partial charge is 0.309 e. The molecule has 1 N–H and O–H groups in total. The number of aliphatic hydroxyl groups is 1. The number of benzene rings is 1. The van der Waals surface area contributed by atoms with Crippen molar-refractivity contribution in [3.63, 3.8) is 0 Å². The van der Waals surface area contributed by atoms with Crippen LogP contribution in [0.15, 0.2) is 29.3 Å². The lowest BCUT2D eigenvalue weighted by Gasteiger charge is -2.41. The summed E-state index contributed by atoms with van der Waals surface area (Å²) in [7, 11) is 0. The molecule has 7 heteroatoms. The summed E-state index contributed by atoms with van der Waals surface area (Å²) in [5, 5.41) is 8.74. The topological polar surface area (TPSA) is 41.8 Å². The van der Waals surface area contributed by atoms with Crippen LogP contribution in [0, 0.1) is 5.82 Å². The van der Waals surface area contributed by atoms with Crippen LogP contribution in [0.2, 0.25) is 0 Å². The Hall–Kier alpha value is -1.63. The molecule has 3 atom stereocenters. The third kappa shape index (κ3) is 2.62. The van der Waals surface area contributed by atoms with Gasteiger partial charge in [-0.25, -0.2) is 13.8 Å². The minimum atomic E-state index is -3.80. The first kappa shape index (κ1) is 15.8. The number of hydrogen-bond donors (Lipinski definition) is 1. The van der Waals surface area contributed by atoms with Crippen LogP contribution in [0.25, 0.3) is 0 Å². The van der Waals surface area contributed by atoms with E-state index in [9.17, 15) is 17.6 Å². The molecule has 1 heterocycles. The van der Waals surface area contributed by atoms with Gasteiger partial charge in [0.2, 0.25) is 0 Å². The van der Waals surface area contributed by atoms with E-state index in [2.05, 4.69) is 4.99 Å². The number of alkyl halides is 3. The minimum absolute atomic E-state index is 0.140. The maximum absolute atomic E-state index is 14.6. The molecule has 1 aliphatic rings. The SMILES string of the molecule is CC1=N[C@](C)(c2ccccc2F)[C@@H](F)[C@@H](C(F)(F)CO)O1. The summed E-state index contributed by atoms with van der Waals surface area (Å²) in [4.78, 5) is 3.89. The van der Waals surface area contributed by atoms with E-state index in [0.717, 1.165) is 6.07 Å². The van der Waals surface area contributed by atoms with Gasteiger partial charge in [-0.05, 0) is 13.0 Å². The van der Waals surface area contributed by atoms with Crippen LogP contribution in [0.1, 0.15) is 19.4 Å². The van der Waals surface area contributed by atoms with E-state index in [1.807, 2.05) is 0 Å². The fourth-order valence-electron chi connectivity index (χ4n) is 2.42. The van der Waals surface area contributed by atoms with Gasteiger partial charge in [-0.15, -0.1) is 0 Å². The average molecular weight is 305 g/mol. The largest absolute Gasteiger partial charge is 0.468 e. The van der Waals surface area contributed by atoms with Crippen molar-refractivity contribution in [1.29, 1.82) is 0 Å². The predicted molar refractivity (Wildman–Crippen MR) is 68.7 cm³/mol. The van der Waals surface area contributed by atoms with Crippen LogP contribution < -0.4 is 0 Å². The van der Waals surface area contributed by atoms with Crippen molar-refractivity contribution < 1.29 is 27.4 Å². The Balaban J connectivity index is 2.53.